The van der Waals surface area contributed by atoms with Gasteiger partial charge in [0.15, 0.2) is 17.4 Å². The minimum atomic E-state index is -4.86. The number of alkyl halides is 3. The minimum absolute atomic E-state index is 0.0272. The summed E-state index contributed by atoms with van der Waals surface area (Å²) >= 11 is 0. The summed E-state index contributed by atoms with van der Waals surface area (Å²) in [5, 5.41) is 11.3. The topological polar surface area (TPSA) is 85.2 Å². The van der Waals surface area contributed by atoms with Gasteiger partial charge in [-0.2, -0.15) is 0 Å². The first-order valence-corrected chi connectivity index (χ1v) is 11.7. The van der Waals surface area contributed by atoms with Crippen LogP contribution in [0.2, 0.25) is 0 Å². The van der Waals surface area contributed by atoms with Gasteiger partial charge < -0.3 is 15.0 Å². The van der Waals surface area contributed by atoms with Gasteiger partial charge in [0.2, 0.25) is 5.91 Å². The van der Waals surface area contributed by atoms with Crippen molar-refractivity contribution in [2.75, 3.05) is 23.3 Å². The lowest BCUT2D eigenvalue weighted by Crippen LogP contribution is -2.41. The fraction of sp³-hybridized carbons (Fsp3) is 0.231. The minimum Gasteiger partial charge on any atom is -0.404 e. The van der Waals surface area contributed by atoms with Crippen molar-refractivity contribution >= 4 is 17.4 Å². The summed E-state index contributed by atoms with van der Waals surface area (Å²) in [7, 11) is 0. The first-order chi connectivity index (χ1) is 17.9. The van der Waals surface area contributed by atoms with Crippen molar-refractivity contribution in [3.8, 4) is 23.0 Å². The molecule has 3 heterocycles. The van der Waals surface area contributed by atoms with Crippen molar-refractivity contribution in [3.63, 3.8) is 0 Å². The first-order valence-electron chi connectivity index (χ1n) is 11.7. The Morgan fingerprint density at radius 1 is 0.973 bits per heavy atom. The molecule has 1 aliphatic heterocycles. The number of carbonyl (C=O) groups excluding carboxylic acids is 1. The Bertz CT molecular complexity index is 1360. The maximum atomic E-state index is 12.9. The lowest BCUT2D eigenvalue weighted by atomic mass is 9.97. The number of halogens is 3. The number of benzene rings is 2. The summed E-state index contributed by atoms with van der Waals surface area (Å²) < 4.78 is 44.0. The van der Waals surface area contributed by atoms with E-state index >= 15 is 0 Å². The molecule has 1 atom stereocenters. The van der Waals surface area contributed by atoms with Crippen LogP contribution in [0, 0.1) is 5.92 Å². The van der Waals surface area contributed by atoms with Gasteiger partial charge >= 0.3 is 6.36 Å². The van der Waals surface area contributed by atoms with E-state index in [0.717, 1.165) is 23.9 Å². The summed E-state index contributed by atoms with van der Waals surface area (Å²) in [6.07, 6.45) is -0.0172. The molecule has 0 radical (unpaired) electrons. The molecule has 11 heteroatoms. The molecule has 190 valence electrons. The van der Waals surface area contributed by atoms with Crippen molar-refractivity contribution < 1.29 is 22.7 Å². The normalized spacial score (nSPS) is 15.9. The van der Waals surface area contributed by atoms with Crippen molar-refractivity contribution in [3.05, 3.63) is 79.1 Å². The molecule has 4 aromatic rings. The van der Waals surface area contributed by atoms with E-state index in [4.69, 9.17) is 0 Å². The Balaban J connectivity index is 1.27. The fourth-order valence-electron chi connectivity index (χ4n) is 4.32. The number of anilines is 2. The summed E-state index contributed by atoms with van der Waals surface area (Å²) in [5.74, 6) is 0.695. The highest BCUT2D eigenvalue weighted by molar-refractivity contribution is 5.94. The van der Waals surface area contributed by atoms with Crippen LogP contribution in [0.15, 0.2) is 79.1 Å². The largest absolute Gasteiger partial charge is 0.573 e. The molecule has 1 fully saturated rings. The zero-order valence-corrected chi connectivity index (χ0v) is 19.6. The Hall–Kier alpha value is -4.41. The van der Waals surface area contributed by atoms with Crippen LogP contribution in [-0.4, -0.2) is 45.1 Å². The molecule has 1 aliphatic rings. The van der Waals surface area contributed by atoms with Crippen molar-refractivity contribution in [1.29, 1.82) is 0 Å². The van der Waals surface area contributed by atoms with Gasteiger partial charge in [-0.25, -0.2) is 4.98 Å². The van der Waals surface area contributed by atoms with Crippen LogP contribution in [0.4, 0.5) is 24.7 Å². The van der Waals surface area contributed by atoms with Gasteiger partial charge in [-0.05, 0) is 37.1 Å². The predicted octanol–water partition coefficient (Wildman–Crippen LogP) is 5.08. The molecular formula is C26H23F3N6O2. The molecule has 1 saturated heterocycles. The number of ether oxygens (including phenoxy) is 1. The number of rotatable bonds is 6. The third-order valence-electron chi connectivity index (χ3n) is 6.04. The zero-order valence-electron chi connectivity index (χ0n) is 19.6. The first kappa shape index (κ1) is 24.3. The zero-order chi connectivity index (χ0) is 25.8. The molecule has 37 heavy (non-hydrogen) atoms. The summed E-state index contributed by atoms with van der Waals surface area (Å²) in [4.78, 5) is 19.3. The number of nitrogens with zero attached hydrogens (tertiary/aromatic N) is 5. The summed E-state index contributed by atoms with van der Waals surface area (Å²) in [6.45, 7) is 1.05. The van der Waals surface area contributed by atoms with Crippen LogP contribution in [-0.2, 0) is 4.79 Å². The lowest BCUT2D eigenvalue weighted by molar-refractivity contribution is -0.274. The van der Waals surface area contributed by atoms with E-state index in [1.165, 1.54) is 18.2 Å². The molecule has 0 saturated carbocycles. The molecular weight excluding hydrogens is 485 g/mol. The van der Waals surface area contributed by atoms with Crippen molar-refractivity contribution in [1.82, 2.24) is 19.7 Å². The average Bonchev–Trinajstić information content (AvgIpc) is 3.40. The number of amides is 1. The van der Waals surface area contributed by atoms with Crippen LogP contribution in [0.3, 0.4) is 0 Å². The molecule has 0 bridgehead atoms. The molecule has 0 aliphatic carbocycles. The van der Waals surface area contributed by atoms with Crippen LogP contribution < -0.4 is 15.0 Å². The fourth-order valence-corrected chi connectivity index (χ4v) is 4.32. The monoisotopic (exact) mass is 508 g/mol. The Morgan fingerprint density at radius 3 is 2.46 bits per heavy atom. The van der Waals surface area contributed by atoms with E-state index in [0.29, 0.717) is 31.1 Å². The third kappa shape index (κ3) is 5.71. The number of hydrogen-bond donors (Lipinski definition) is 1. The lowest BCUT2D eigenvalue weighted by Gasteiger charge is -2.32. The molecule has 2 aromatic carbocycles. The highest BCUT2D eigenvalue weighted by atomic mass is 19.4. The maximum absolute atomic E-state index is 12.9. The summed E-state index contributed by atoms with van der Waals surface area (Å²) in [6, 6.07) is 18.9. The van der Waals surface area contributed by atoms with Gasteiger partial charge in [0, 0.05) is 31.0 Å². The molecule has 1 amide bonds. The number of nitrogens with one attached hydrogen (secondary N) is 1. The Kier molecular flexibility index (Phi) is 6.76. The average molecular weight is 509 g/mol. The summed E-state index contributed by atoms with van der Waals surface area (Å²) in [5.41, 5.74) is 0.922. The van der Waals surface area contributed by atoms with Crippen LogP contribution >= 0.6 is 0 Å². The van der Waals surface area contributed by atoms with Crippen molar-refractivity contribution in [2.24, 2.45) is 5.92 Å². The van der Waals surface area contributed by atoms with Gasteiger partial charge in [-0.3, -0.25) is 9.36 Å². The third-order valence-corrected chi connectivity index (χ3v) is 6.04. The highest BCUT2D eigenvalue weighted by Crippen LogP contribution is 2.31. The van der Waals surface area contributed by atoms with E-state index in [9.17, 15) is 18.0 Å². The number of aromatic nitrogens is 4. The Morgan fingerprint density at radius 2 is 1.70 bits per heavy atom. The number of carbonyl (C=O) groups is 1. The van der Waals surface area contributed by atoms with Gasteiger partial charge in [0.25, 0.3) is 0 Å². The van der Waals surface area contributed by atoms with Gasteiger partial charge in [0.05, 0.1) is 11.6 Å². The van der Waals surface area contributed by atoms with Crippen LogP contribution in [0.1, 0.15) is 12.8 Å². The molecule has 1 N–H and O–H groups in total. The predicted molar refractivity (Wildman–Crippen MR) is 131 cm³/mol. The second-order valence-corrected chi connectivity index (χ2v) is 8.55. The number of hydrogen-bond acceptors (Lipinski definition) is 6. The molecule has 0 spiro atoms. The number of imidazole rings is 1. The quantitative estimate of drug-likeness (QED) is 0.391. The standard InChI is InChI=1S/C26H23F3N6O2/c27-26(28,29)37-21-11-5-4-10-20(21)31-25(36)19-9-6-15-34(17-19)22-12-13-23(33-32-22)35-16-14-30-24(35)18-7-2-1-3-8-18/h1-5,7-8,10-14,16,19H,6,9,15,17H2,(H,31,36). The van der Waals surface area contributed by atoms with Crippen molar-refractivity contribution in [2.45, 2.75) is 19.2 Å². The van der Waals surface area contributed by atoms with E-state index in [1.54, 1.807) is 6.20 Å². The van der Waals surface area contributed by atoms with E-state index in [1.807, 2.05) is 58.1 Å². The Labute approximate surface area is 210 Å². The SMILES string of the molecule is O=C(Nc1ccccc1OC(F)(F)F)C1CCCN(c2ccc(-n3ccnc3-c3ccccc3)nn2)C1. The van der Waals surface area contributed by atoms with E-state index in [2.05, 4.69) is 25.2 Å². The van der Waals surface area contributed by atoms with E-state index < -0.39 is 18.0 Å². The maximum Gasteiger partial charge on any atom is 0.573 e. The van der Waals surface area contributed by atoms with Gasteiger partial charge in [-0.15, -0.1) is 23.4 Å². The van der Waals surface area contributed by atoms with Crippen LogP contribution in [0.5, 0.6) is 5.75 Å². The second-order valence-electron chi connectivity index (χ2n) is 8.55. The number of piperidine rings is 1. The molecule has 2 aromatic heterocycles. The van der Waals surface area contributed by atoms with Crippen LogP contribution in [0.25, 0.3) is 17.2 Å². The second kappa shape index (κ2) is 10.3. The smallest absolute Gasteiger partial charge is 0.404 e. The van der Waals surface area contributed by atoms with E-state index in [-0.39, 0.29) is 11.6 Å². The number of para-hydroxylation sites is 2. The van der Waals surface area contributed by atoms with Gasteiger partial charge in [0.1, 0.15) is 5.82 Å². The van der Waals surface area contributed by atoms with Gasteiger partial charge in [-0.1, -0.05) is 42.5 Å². The molecule has 5 rings (SSSR count). The molecule has 8 nitrogen and oxygen atoms in total. The molecule has 1 unspecified atom stereocenters. The highest BCUT2D eigenvalue weighted by Gasteiger charge is 2.33.